The van der Waals surface area contributed by atoms with Gasteiger partial charge in [-0.15, -0.1) is 0 Å². The molecule has 2 rings (SSSR count). The van der Waals surface area contributed by atoms with Crippen molar-refractivity contribution in [1.29, 1.82) is 0 Å². The summed E-state index contributed by atoms with van der Waals surface area (Å²) in [6.45, 7) is 5.12. The van der Waals surface area contributed by atoms with Gasteiger partial charge in [-0.1, -0.05) is 6.92 Å². The predicted molar refractivity (Wildman–Crippen MR) is 65.0 cm³/mol. The van der Waals surface area contributed by atoms with E-state index < -0.39 is 0 Å². The minimum absolute atomic E-state index is 0.632. The van der Waals surface area contributed by atoms with Crippen molar-refractivity contribution in [3.63, 3.8) is 0 Å². The Morgan fingerprint density at radius 3 is 3.25 bits per heavy atom. The lowest BCUT2D eigenvalue weighted by molar-refractivity contribution is 0.217. The highest BCUT2D eigenvalue weighted by atomic mass is 32.1. The van der Waals surface area contributed by atoms with Gasteiger partial charge in [-0.2, -0.15) is 9.36 Å². The van der Waals surface area contributed by atoms with Crippen LogP contribution in [0.3, 0.4) is 0 Å². The molecule has 0 saturated carbocycles. The maximum atomic E-state index is 5.68. The van der Waals surface area contributed by atoms with Crippen molar-refractivity contribution in [3.8, 4) is 5.19 Å². The molecule has 90 valence electrons. The molecule has 0 aliphatic carbocycles. The molecule has 1 aliphatic rings. The van der Waals surface area contributed by atoms with Crippen LogP contribution in [0.2, 0.25) is 0 Å². The third-order valence-corrected chi connectivity index (χ3v) is 3.43. The van der Waals surface area contributed by atoms with E-state index in [0.717, 1.165) is 43.6 Å². The first-order valence-electron chi connectivity index (χ1n) is 6.04. The van der Waals surface area contributed by atoms with Gasteiger partial charge in [-0.25, -0.2) is 0 Å². The van der Waals surface area contributed by atoms with Gasteiger partial charge in [0, 0.05) is 30.4 Å². The van der Waals surface area contributed by atoms with Crippen molar-refractivity contribution in [2.75, 3.05) is 19.7 Å². The van der Waals surface area contributed by atoms with E-state index in [1.54, 1.807) is 0 Å². The van der Waals surface area contributed by atoms with Crippen LogP contribution in [0.4, 0.5) is 0 Å². The topological polar surface area (TPSA) is 47.0 Å². The Bertz CT molecular complexity index is 310. The summed E-state index contributed by atoms with van der Waals surface area (Å²) in [5.41, 5.74) is 0. The third-order valence-electron chi connectivity index (χ3n) is 2.76. The molecule has 1 N–H and O–H groups in total. The van der Waals surface area contributed by atoms with E-state index in [0.29, 0.717) is 5.92 Å². The molecular formula is C11H19N3OS. The first-order chi connectivity index (χ1) is 7.88. The lowest BCUT2D eigenvalue weighted by Gasteiger charge is -2.21. The van der Waals surface area contributed by atoms with Crippen molar-refractivity contribution < 1.29 is 4.74 Å². The summed E-state index contributed by atoms with van der Waals surface area (Å²) in [7, 11) is 0. The molecule has 16 heavy (non-hydrogen) atoms. The molecule has 1 fully saturated rings. The highest BCUT2D eigenvalue weighted by Gasteiger charge is 2.14. The Balaban J connectivity index is 1.75. The van der Waals surface area contributed by atoms with Crippen LogP contribution in [0.15, 0.2) is 0 Å². The molecule has 0 bridgehead atoms. The fourth-order valence-electron chi connectivity index (χ4n) is 1.88. The van der Waals surface area contributed by atoms with Gasteiger partial charge in [-0.05, 0) is 25.8 Å². The summed E-state index contributed by atoms with van der Waals surface area (Å²) in [5, 5.41) is 4.11. The number of nitrogens with one attached hydrogen (secondary N) is 1. The Morgan fingerprint density at radius 2 is 2.50 bits per heavy atom. The van der Waals surface area contributed by atoms with Gasteiger partial charge in [0.1, 0.15) is 5.82 Å². The maximum absolute atomic E-state index is 5.68. The van der Waals surface area contributed by atoms with Crippen LogP contribution in [0.5, 0.6) is 5.19 Å². The second-order valence-electron chi connectivity index (χ2n) is 4.25. The minimum atomic E-state index is 0.632. The quantitative estimate of drug-likeness (QED) is 0.855. The van der Waals surface area contributed by atoms with Gasteiger partial charge in [0.2, 0.25) is 0 Å². The van der Waals surface area contributed by atoms with E-state index in [2.05, 4.69) is 21.6 Å². The fourth-order valence-corrected chi connectivity index (χ4v) is 2.46. The van der Waals surface area contributed by atoms with Crippen LogP contribution in [-0.2, 0) is 6.42 Å². The number of rotatable bonds is 5. The normalized spacial score (nSPS) is 20.9. The van der Waals surface area contributed by atoms with Crippen LogP contribution >= 0.6 is 11.5 Å². The van der Waals surface area contributed by atoms with Gasteiger partial charge < -0.3 is 10.1 Å². The molecule has 1 aliphatic heterocycles. The summed E-state index contributed by atoms with van der Waals surface area (Å²) in [6.07, 6.45) is 4.55. The summed E-state index contributed by atoms with van der Waals surface area (Å²) < 4.78 is 9.94. The van der Waals surface area contributed by atoms with Gasteiger partial charge in [0.25, 0.3) is 5.19 Å². The number of hydrogen-bond acceptors (Lipinski definition) is 5. The molecule has 1 aromatic heterocycles. The smallest absolute Gasteiger partial charge is 0.293 e. The average Bonchev–Trinajstić information content (AvgIpc) is 2.76. The Morgan fingerprint density at radius 1 is 1.56 bits per heavy atom. The van der Waals surface area contributed by atoms with Crippen LogP contribution in [0, 0.1) is 5.92 Å². The van der Waals surface area contributed by atoms with Gasteiger partial charge in [0.05, 0.1) is 6.61 Å². The molecule has 0 aromatic carbocycles. The number of aryl methyl sites for hydroxylation is 1. The van der Waals surface area contributed by atoms with Gasteiger partial charge in [0.15, 0.2) is 0 Å². The summed E-state index contributed by atoms with van der Waals surface area (Å²) >= 11 is 1.37. The molecule has 1 saturated heterocycles. The fraction of sp³-hybridized carbons (Fsp3) is 0.818. The monoisotopic (exact) mass is 241 g/mol. The first-order valence-corrected chi connectivity index (χ1v) is 6.82. The van der Waals surface area contributed by atoms with E-state index in [1.807, 2.05) is 0 Å². The van der Waals surface area contributed by atoms with E-state index in [1.165, 1.54) is 24.4 Å². The molecular weight excluding hydrogens is 222 g/mol. The van der Waals surface area contributed by atoms with Crippen molar-refractivity contribution in [2.45, 2.75) is 32.6 Å². The number of ether oxygens (including phenoxy) is 1. The molecule has 5 heteroatoms. The lowest BCUT2D eigenvalue weighted by Crippen LogP contribution is -2.33. The van der Waals surface area contributed by atoms with Gasteiger partial charge in [-0.3, -0.25) is 0 Å². The van der Waals surface area contributed by atoms with Crippen LogP contribution in [-0.4, -0.2) is 29.1 Å². The van der Waals surface area contributed by atoms with E-state index in [-0.39, 0.29) is 0 Å². The second kappa shape index (κ2) is 6.15. The lowest BCUT2D eigenvalue weighted by atomic mass is 10.0. The summed E-state index contributed by atoms with van der Waals surface area (Å²) in [5.74, 6) is 1.55. The zero-order valence-corrected chi connectivity index (χ0v) is 10.6. The minimum Gasteiger partial charge on any atom is -0.469 e. The maximum Gasteiger partial charge on any atom is 0.293 e. The number of nitrogens with zero attached hydrogens (tertiary/aromatic N) is 2. The molecule has 1 unspecified atom stereocenters. The molecule has 1 aromatic rings. The van der Waals surface area contributed by atoms with E-state index >= 15 is 0 Å². The van der Waals surface area contributed by atoms with Crippen molar-refractivity contribution >= 4 is 11.5 Å². The standard InChI is InChI=1S/C11H19N3OS/c1-2-4-10-13-11(16-14-10)15-8-9-5-3-6-12-7-9/h9,12H,2-8H2,1H3. The molecule has 2 heterocycles. The molecule has 0 spiro atoms. The summed E-state index contributed by atoms with van der Waals surface area (Å²) in [4.78, 5) is 4.35. The van der Waals surface area contributed by atoms with E-state index in [9.17, 15) is 0 Å². The van der Waals surface area contributed by atoms with Crippen LogP contribution in [0.25, 0.3) is 0 Å². The van der Waals surface area contributed by atoms with Crippen LogP contribution in [0.1, 0.15) is 32.0 Å². The highest BCUT2D eigenvalue weighted by molar-refractivity contribution is 7.07. The zero-order valence-electron chi connectivity index (χ0n) is 9.74. The first kappa shape index (κ1) is 11.8. The predicted octanol–water partition coefficient (Wildman–Crippen LogP) is 1.87. The number of hydrogen-bond donors (Lipinski definition) is 1. The average molecular weight is 241 g/mol. The molecule has 0 amide bonds. The Labute approximate surface area is 101 Å². The molecule has 1 atom stereocenters. The van der Waals surface area contributed by atoms with E-state index in [4.69, 9.17) is 4.74 Å². The largest absolute Gasteiger partial charge is 0.469 e. The zero-order chi connectivity index (χ0) is 11.2. The summed E-state index contributed by atoms with van der Waals surface area (Å²) in [6, 6.07) is 0. The van der Waals surface area contributed by atoms with Gasteiger partial charge >= 0.3 is 0 Å². The van der Waals surface area contributed by atoms with Crippen molar-refractivity contribution in [2.24, 2.45) is 5.92 Å². The highest BCUT2D eigenvalue weighted by Crippen LogP contribution is 2.17. The Kier molecular flexibility index (Phi) is 4.54. The van der Waals surface area contributed by atoms with Crippen molar-refractivity contribution in [3.05, 3.63) is 5.82 Å². The SMILES string of the molecule is CCCc1nsc(OCC2CCCNC2)n1. The van der Waals surface area contributed by atoms with Crippen LogP contribution < -0.4 is 10.1 Å². The molecule has 0 radical (unpaired) electrons. The molecule has 4 nitrogen and oxygen atoms in total. The number of aromatic nitrogens is 2. The Hall–Kier alpha value is -0.680. The third kappa shape index (κ3) is 3.42. The van der Waals surface area contributed by atoms with Crippen molar-refractivity contribution in [1.82, 2.24) is 14.7 Å². The number of piperidine rings is 1. The second-order valence-corrected chi connectivity index (χ2v) is 4.96.